The van der Waals surface area contributed by atoms with Crippen molar-refractivity contribution in [1.82, 2.24) is 0 Å². The van der Waals surface area contributed by atoms with Crippen LogP contribution < -0.4 is 9.47 Å². The summed E-state index contributed by atoms with van der Waals surface area (Å²) in [7, 11) is 2.89. The molecule has 21 heavy (non-hydrogen) atoms. The number of esters is 1. The average molecular weight is 292 g/mol. The third-order valence-corrected chi connectivity index (χ3v) is 3.44. The summed E-state index contributed by atoms with van der Waals surface area (Å²) in [5.41, 5.74) is 0.827. The minimum atomic E-state index is -0.938. The maximum absolute atomic E-state index is 11.2. The molecule has 114 valence electrons. The van der Waals surface area contributed by atoms with Gasteiger partial charge in [0.15, 0.2) is 11.5 Å². The summed E-state index contributed by atoms with van der Waals surface area (Å²) < 4.78 is 15.7. The highest BCUT2D eigenvalue weighted by Crippen LogP contribution is 2.41. The first kappa shape index (κ1) is 15.4. The zero-order valence-corrected chi connectivity index (χ0v) is 12.7. The second-order valence-corrected chi connectivity index (χ2v) is 5.53. The van der Waals surface area contributed by atoms with Crippen LogP contribution >= 0.6 is 0 Å². The molecule has 0 aromatic heterocycles. The Labute approximate surface area is 124 Å². The molecule has 0 saturated heterocycles. The molecule has 1 aliphatic heterocycles. The van der Waals surface area contributed by atoms with Crippen LogP contribution in [0.15, 0.2) is 18.2 Å². The molecule has 1 heterocycles. The van der Waals surface area contributed by atoms with Gasteiger partial charge in [-0.1, -0.05) is 0 Å². The zero-order valence-electron chi connectivity index (χ0n) is 12.7. The van der Waals surface area contributed by atoms with Crippen molar-refractivity contribution in [3.8, 4) is 11.5 Å². The standard InChI is InChI=1S/C16H20O5/c1-16(2,18)13-9-11-7-10(5-6-14(17)20-4)8-12(19-3)15(11)21-13/h5-8,13,18H,9H2,1-4H3/b6-5+/t13-/m0/s1. The molecular formula is C16H20O5. The van der Waals surface area contributed by atoms with Gasteiger partial charge in [0, 0.05) is 18.1 Å². The molecule has 0 aliphatic carbocycles. The number of aliphatic hydroxyl groups is 1. The number of rotatable bonds is 4. The lowest BCUT2D eigenvalue weighted by Gasteiger charge is -2.24. The summed E-state index contributed by atoms with van der Waals surface area (Å²) in [4.78, 5) is 11.2. The molecule has 0 unspecified atom stereocenters. The Hall–Kier alpha value is -2.01. The summed E-state index contributed by atoms with van der Waals surface area (Å²) in [5, 5.41) is 10.1. The Balaban J connectivity index is 2.32. The van der Waals surface area contributed by atoms with Gasteiger partial charge in [0.1, 0.15) is 6.10 Å². The number of hydrogen-bond acceptors (Lipinski definition) is 5. The van der Waals surface area contributed by atoms with E-state index >= 15 is 0 Å². The average Bonchev–Trinajstić information content (AvgIpc) is 2.87. The number of benzene rings is 1. The Bertz CT molecular complexity index is 569. The van der Waals surface area contributed by atoms with Crippen LogP contribution in [0.5, 0.6) is 11.5 Å². The highest BCUT2D eigenvalue weighted by atomic mass is 16.5. The summed E-state index contributed by atoms with van der Waals surface area (Å²) in [6, 6.07) is 3.70. The Morgan fingerprint density at radius 1 is 1.43 bits per heavy atom. The first-order valence-electron chi connectivity index (χ1n) is 6.71. The fraction of sp³-hybridized carbons (Fsp3) is 0.438. The van der Waals surface area contributed by atoms with Gasteiger partial charge in [0.25, 0.3) is 0 Å². The van der Waals surface area contributed by atoms with Crippen LogP contribution in [0, 0.1) is 0 Å². The van der Waals surface area contributed by atoms with E-state index in [9.17, 15) is 9.90 Å². The maximum Gasteiger partial charge on any atom is 0.330 e. The van der Waals surface area contributed by atoms with E-state index in [0.717, 1.165) is 11.1 Å². The summed E-state index contributed by atoms with van der Waals surface area (Å²) >= 11 is 0. The Morgan fingerprint density at radius 3 is 2.71 bits per heavy atom. The lowest BCUT2D eigenvalue weighted by Crippen LogP contribution is -2.39. The fourth-order valence-corrected chi connectivity index (χ4v) is 2.23. The molecular weight excluding hydrogens is 272 g/mol. The number of carbonyl (C=O) groups is 1. The van der Waals surface area contributed by atoms with Crippen LogP contribution in [0.3, 0.4) is 0 Å². The first-order valence-corrected chi connectivity index (χ1v) is 6.71. The first-order chi connectivity index (χ1) is 9.85. The predicted octanol–water partition coefficient (Wildman–Crippen LogP) is 1.96. The van der Waals surface area contributed by atoms with Crippen LogP contribution in [0.2, 0.25) is 0 Å². The van der Waals surface area contributed by atoms with Gasteiger partial charge in [-0.05, 0) is 37.6 Å². The number of methoxy groups -OCH3 is 2. The van der Waals surface area contributed by atoms with E-state index in [1.807, 2.05) is 6.07 Å². The number of ether oxygens (including phenoxy) is 3. The van der Waals surface area contributed by atoms with Crippen LogP contribution in [0.1, 0.15) is 25.0 Å². The van der Waals surface area contributed by atoms with Crippen molar-refractivity contribution in [2.75, 3.05) is 14.2 Å². The van der Waals surface area contributed by atoms with Crippen LogP contribution in [0.4, 0.5) is 0 Å². The molecule has 1 aromatic carbocycles. The topological polar surface area (TPSA) is 65.0 Å². The van der Waals surface area contributed by atoms with E-state index in [1.165, 1.54) is 13.2 Å². The lowest BCUT2D eigenvalue weighted by molar-refractivity contribution is -0.134. The van der Waals surface area contributed by atoms with Crippen molar-refractivity contribution in [2.45, 2.75) is 32.0 Å². The van der Waals surface area contributed by atoms with Crippen molar-refractivity contribution >= 4 is 12.0 Å². The highest BCUT2D eigenvalue weighted by molar-refractivity contribution is 5.87. The molecule has 0 fully saturated rings. The largest absolute Gasteiger partial charge is 0.493 e. The van der Waals surface area contributed by atoms with Crippen molar-refractivity contribution in [2.24, 2.45) is 0 Å². The van der Waals surface area contributed by atoms with Gasteiger partial charge in [-0.3, -0.25) is 0 Å². The fourth-order valence-electron chi connectivity index (χ4n) is 2.23. The van der Waals surface area contributed by atoms with Gasteiger partial charge in [0.2, 0.25) is 0 Å². The maximum atomic E-state index is 11.2. The second-order valence-electron chi connectivity index (χ2n) is 5.53. The third kappa shape index (κ3) is 3.36. The minimum absolute atomic E-state index is 0.318. The van der Waals surface area contributed by atoms with E-state index in [0.29, 0.717) is 17.9 Å². The van der Waals surface area contributed by atoms with E-state index in [1.54, 1.807) is 33.1 Å². The molecule has 0 amide bonds. The van der Waals surface area contributed by atoms with Crippen LogP contribution in [0.25, 0.3) is 6.08 Å². The lowest BCUT2D eigenvalue weighted by atomic mass is 9.96. The van der Waals surface area contributed by atoms with Gasteiger partial charge < -0.3 is 19.3 Å². The third-order valence-electron chi connectivity index (χ3n) is 3.44. The normalized spacial score (nSPS) is 17.5. The zero-order chi connectivity index (χ0) is 15.6. The van der Waals surface area contributed by atoms with Gasteiger partial charge >= 0.3 is 5.97 Å². The summed E-state index contributed by atoms with van der Waals surface area (Å²) in [6.45, 7) is 3.43. The Morgan fingerprint density at radius 2 is 2.14 bits per heavy atom. The number of fused-ring (bicyclic) bond motifs is 1. The van der Waals surface area contributed by atoms with E-state index in [2.05, 4.69) is 4.74 Å². The van der Waals surface area contributed by atoms with Crippen LogP contribution in [-0.4, -0.2) is 37.0 Å². The molecule has 0 saturated carbocycles. The van der Waals surface area contributed by atoms with Gasteiger partial charge in [-0.25, -0.2) is 4.79 Å². The molecule has 5 nitrogen and oxygen atoms in total. The minimum Gasteiger partial charge on any atom is -0.493 e. The molecule has 0 bridgehead atoms. The smallest absolute Gasteiger partial charge is 0.330 e. The molecule has 1 aliphatic rings. The molecule has 2 rings (SSSR count). The Kier molecular flexibility index (Phi) is 4.23. The number of hydrogen-bond donors (Lipinski definition) is 1. The summed E-state index contributed by atoms with van der Waals surface area (Å²) in [6.07, 6.45) is 3.28. The predicted molar refractivity (Wildman–Crippen MR) is 78.5 cm³/mol. The molecule has 5 heteroatoms. The molecule has 1 N–H and O–H groups in total. The van der Waals surface area contributed by atoms with E-state index < -0.39 is 11.6 Å². The van der Waals surface area contributed by atoms with Crippen molar-refractivity contribution < 1.29 is 24.1 Å². The summed E-state index contributed by atoms with van der Waals surface area (Å²) in [5.74, 6) is 0.823. The molecule has 1 atom stereocenters. The van der Waals surface area contributed by atoms with E-state index in [4.69, 9.17) is 9.47 Å². The SMILES string of the molecule is COC(=O)/C=C/c1cc2c(c(OC)c1)O[C@H](C(C)(C)O)C2. The second kappa shape index (κ2) is 5.77. The molecule has 0 radical (unpaired) electrons. The van der Waals surface area contributed by atoms with Crippen molar-refractivity contribution in [3.05, 3.63) is 29.3 Å². The van der Waals surface area contributed by atoms with Crippen molar-refractivity contribution in [1.29, 1.82) is 0 Å². The quantitative estimate of drug-likeness (QED) is 0.679. The van der Waals surface area contributed by atoms with Crippen molar-refractivity contribution in [3.63, 3.8) is 0 Å². The molecule has 0 spiro atoms. The monoisotopic (exact) mass is 292 g/mol. The number of carbonyl (C=O) groups excluding carboxylic acids is 1. The molecule has 1 aromatic rings. The highest BCUT2D eigenvalue weighted by Gasteiger charge is 2.36. The van der Waals surface area contributed by atoms with Gasteiger partial charge in [0.05, 0.1) is 19.8 Å². The van der Waals surface area contributed by atoms with E-state index in [-0.39, 0.29) is 6.10 Å². The van der Waals surface area contributed by atoms with Gasteiger partial charge in [-0.2, -0.15) is 0 Å². The van der Waals surface area contributed by atoms with Gasteiger partial charge in [-0.15, -0.1) is 0 Å². The van der Waals surface area contributed by atoms with Crippen LogP contribution in [-0.2, 0) is 16.0 Å².